The van der Waals surface area contributed by atoms with Crippen LogP contribution in [0, 0.1) is 0 Å². The summed E-state index contributed by atoms with van der Waals surface area (Å²) in [5.41, 5.74) is 14.1. The maximum absolute atomic E-state index is 5.92. The van der Waals surface area contributed by atoms with E-state index in [1.807, 2.05) is 32.0 Å². The topological polar surface area (TPSA) is 69.4 Å². The molecule has 0 saturated carbocycles. The molecule has 1 saturated heterocycles. The quantitative estimate of drug-likeness (QED) is 0.704. The van der Waals surface area contributed by atoms with Crippen molar-refractivity contribution in [2.75, 3.05) is 42.5 Å². The van der Waals surface area contributed by atoms with Gasteiger partial charge in [-0.3, -0.25) is 0 Å². The van der Waals surface area contributed by atoms with Gasteiger partial charge in [-0.25, -0.2) is 0 Å². The Labute approximate surface area is 118 Å². The number of nitrogen functional groups attached to an aromatic ring is 2. The monoisotopic (exact) mass is 405 g/mol. The van der Waals surface area contributed by atoms with Crippen molar-refractivity contribution in [3.05, 3.63) is 23.5 Å². The number of nitrogens with two attached hydrogens (primary N) is 2. The van der Waals surface area contributed by atoms with Crippen molar-refractivity contribution in [2.45, 2.75) is 13.8 Å². The predicted molar refractivity (Wildman–Crippen MR) is 71.9 cm³/mol. The summed E-state index contributed by atoms with van der Waals surface area (Å²) in [5, 5.41) is 4.29. The van der Waals surface area contributed by atoms with Crippen LogP contribution in [0.4, 0.5) is 17.1 Å². The molecule has 0 radical (unpaired) electrons. The molecule has 1 aromatic carbocycles. The molecule has 0 spiro atoms. The summed E-state index contributed by atoms with van der Waals surface area (Å²) in [7, 11) is 0. The zero-order valence-electron chi connectivity index (χ0n) is 10.5. The van der Waals surface area contributed by atoms with Gasteiger partial charge in [0.15, 0.2) is 0 Å². The van der Waals surface area contributed by atoms with Crippen LogP contribution in [0.3, 0.4) is 0 Å². The molecule has 0 aromatic heterocycles. The maximum Gasteiger partial charge on any atom is 0.0785 e. The fourth-order valence-electron chi connectivity index (χ4n) is 1.69. The smallest absolute Gasteiger partial charge is 0.0785 e. The first-order valence-electron chi connectivity index (χ1n) is 5.81. The molecule has 1 aliphatic heterocycles. The second kappa shape index (κ2) is 8.37. The molecule has 1 aromatic rings. The average molecular weight is 405 g/mol. The van der Waals surface area contributed by atoms with E-state index in [4.69, 9.17) is 11.5 Å². The van der Waals surface area contributed by atoms with Crippen LogP contribution >= 0.6 is 0 Å². The van der Waals surface area contributed by atoms with Gasteiger partial charge in [0.25, 0.3) is 0 Å². The first kappa shape index (κ1) is 16.3. The zero-order chi connectivity index (χ0) is 12.0. The summed E-state index contributed by atoms with van der Waals surface area (Å²) < 4.78 is 0. The number of anilines is 3. The van der Waals surface area contributed by atoms with Crippen molar-refractivity contribution in [3.63, 3.8) is 0 Å². The molecule has 96 valence electrons. The van der Waals surface area contributed by atoms with Gasteiger partial charge in [-0.1, -0.05) is 19.9 Å². The fraction of sp³-hybridized carbons (Fsp3) is 0.500. The van der Waals surface area contributed by atoms with E-state index in [2.05, 4.69) is 10.2 Å². The number of benzene rings is 1. The van der Waals surface area contributed by atoms with Gasteiger partial charge in [-0.15, -0.1) is 13.1 Å². The maximum atomic E-state index is 5.92. The zero-order valence-corrected chi connectivity index (χ0v) is 13.5. The Morgan fingerprint density at radius 1 is 1.12 bits per heavy atom. The number of hydrogen-bond donors (Lipinski definition) is 2. The number of para-hydroxylation sites is 1. The van der Waals surface area contributed by atoms with Crippen LogP contribution in [0.25, 0.3) is 5.32 Å². The van der Waals surface area contributed by atoms with Gasteiger partial charge in [0.2, 0.25) is 0 Å². The van der Waals surface area contributed by atoms with Crippen LogP contribution < -0.4 is 16.4 Å². The molecule has 0 bridgehead atoms. The number of nitrogens with zero attached hydrogens (tertiary/aromatic N) is 2. The van der Waals surface area contributed by atoms with Gasteiger partial charge in [0.1, 0.15) is 0 Å². The summed E-state index contributed by atoms with van der Waals surface area (Å²) in [6.07, 6.45) is 0. The van der Waals surface area contributed by atoms with Gasteiger partial charge >= 0.3 is 0 Å². The van der Waals surface area contributed by atoms with Gasteiger partial charge in [-0.2, -0.15) is 0 Å². The largest absolute Gasteiger partial charge is 0.659 e. The summed E-state index contributed by atoms with van der Waals surface area (Å²) in [5.74, 6) is 0. The van der Waals surface area contributed by atoms with Crippen molar-refractivity contribution >= 4 is 17.1 Å². The molecule has 0 amide bonds. The summed E-state index contributed by atoms with van der Waals surface area (Å²) in [4.78, 5) is 2.23. The number of hydrogen-bond acceptors (Lipinski definition) is 3. The Morgan fingerprint density at radius 2 is 1.71 bits per heavy atom. The van der Waals surface area contributed by atoms with Crippen LogP contribution in [0.1, 0.15) is 13.8 Å². The van der Waals surface area contributed by atoms with Crippen LogP contribution in [-0.2, 0) is 21.1 Å². The molecule has 5 heteroatoms. The summed E-state index contributed by atoms with van der Waals surface area (Å²) in [6.45, 7) is 7.64. The van der Waals surface area contributed by atoms with Crippen molar-refractivity contribution in [1.29, 1.82) is 0 Å². The van der Waals surface area contributed by atoms with Gasteiger partial charge in [0.05, 0.1) is 17.1 Å². The minimum absolute atomic E-state index is 0. The van der Waals surface area contributed by atoms with E-state index in [1.165, 1.54) is 0 Å². The van der Waals surface area contributed by atoms with Crippen LogP contribution in [0.2, 0.25) is 0 Å². The van der Waals surface area contributed by atoms with Crippen molar-refractivity contribution in [2.24, 2.45) is 0 Å². The SMILES string of the molecule is CC.Nc1cccc(N2CC[N-]CC2)c1N.[W]. The van der Waals surface area contributed by atoms with Gasteiger partial charge in [-0.05, 0) is 25.2 Å². The molecular formula is C12H21N4W-. The molecule has 1 heterocycles. The third kappa shape index (κ3) is 4.21. The van der Waals surface area contributed by atoms with E-state index < -0.39 is 0 Å². The van der Waals surface area contributed by atoms with E-state index in [-0.39, 0.29) is 21.1 Å². The molecule has 4 N–H and O–H groups in total. The third-order valence-electron chi connectivity index (χ3n) is 2.51. The molecule has 1 aliphatic rings. The first-order valence-corrected chi connectivity index (χ1v) is 5.81. The standard InChI is InChI=1S/C10H15N4.C2H6.W/c11-8-2-1-3-9(10(8)12)14-6-4-13-5-7-14;1-2;/h1-3H,4-7,11-12H2;1-2H3;/q-1;;. The second-order valence-electron chi connectivity index (χ2n) is 3.44. The van der Waals surface area contributed by atoms with E-state index in [1.54, 1.807) is 0 Å². The molecule has 0 atom stereocenters. The normalized spacial score (nSPS) is 14.4. The Bertz CT molecular complexity index is 324. The van der Waals surface area contributed by atoms with Crippen LogP contribution in [0.15, 0.2) is 18.2 Å². The molecule has 2 rings (SSSR count). The Kier molecular flexibility index (Phi) is 8.01. The van der Waals surface area contributed by atoms with E-state index in [0.717, 1.165) is 31.9 Å². The molecular weight excluding hydrogens is 384 g/mol. The number of rotatable bonds is 1. The van der Waals surface area contributed by atoms with Crippen LogP contribution in [-0.4, -0.2) is 26.2 Å². The molecule has 17 heavy (non-hydrogen) atoms. The summed E-state index contributed by atoms with van der Waals surface area (Å²) in [6, 6.07) is 5.77. The van der Waals surface area contributed by atoms with E-state index >= 15 is 0 Å². The van der Waals surface area contributed by atoms with Crippen molar-refractivity contribution < 1.29 is 21.1 Å². The van der Waals surface area contributed by atoms with Gasteiger partial charge < -0.3 is 21.7 Å². The number of piperazine rings is 1. The van der Waals surface area contributed by atoms with Crippen LogP contribution in [0.5, 0.6) is 0 Å². The minimum Gasteiger partial charge on any atom is -0.659 e. The van der Waals surface area contributed by atoms with E-state index in [0.29, 0.717) is 11.4 Å². The Morgan fingerprint density at radius 3 is 2.29 bits per heavy atom. The van der Waals surface area contributed by atoms with Crippen molar-refractivity contribution in [1.82, 2.24) is 0 Å². The minimum atomic E-state index is 0. The molecule has 0 unspecified atom stereocenters. The molecule has 4 nitrogen and oxygen atoms in total. The fourth-order valence-corrected chi connectivity index (χ4v) is 1.69. The predicted octanol–water partition coefficient (Wildman–Crippen LogP) is 2.07. The molecule has 0 aliphatic carbocycles. The summed E-state index contributed by atoms with van der Waals surface area (Å²) >= 11 is 0. The average Bonchev–Trinajstić information content (AvgIpc) is 2.36. The Hall–Kier alpha value is -0.732. The Balaban J connectivity index is 0.000000811. The second-order valence-corrected chi connectivity index (χ2v) is 3.44. The van der Waals surface area contributed by atoms with Gasteiger partial charge in [0, 0.05) is 21.1 Å². The van der Waals surface area contributed by atoms with E-state index in [9.17, 15) is 0 Å². The molecule has 1 fully saturated rings. The van der Waals surface area contributed by atoms with Crippen molar-refractivity contribution in [3.8, 4) is 0 Å². The third-order valence-corrected chi connectivity index (χ3v) is 2.51. The first-order chi connectivity index (χ1) is 7.79.